The molecule has 0 amide bonds. The molecule has 2 heteroatoms. The fourth-order valence-corrected chi connectivity index (χ4v) is 5.78. The Balaban J connectivity index is 1.45. The SMILES string of the molecule is CCCCCCCC1CCC(c2ccc(-c3ccc(CC(F)(F)CCCCCC)cc3)cc2)CC1. The lowest BCUT2D eigenvalue weighted by Gasteiger charge is -2.29. The number of unbranched alkanes of at least 4 members (excludes halogenated alkanes) is 7. The molecular weight excluding hydrogens is 434 g/mol. The monoisotopic (exact) mass is 482 g/mol. The van der Waals surface area contributed by atoms with Crippen LogP contribution in [0.4, 0.5) is 8.78 Å². The highest BCUT2D eigenvalue weighted by molar-refractivity contribution is 5.64. The summed E-state index contributed by atoms with van der Waals surface area (Å²) in [6, 6.07) is 16.8. The summed E-state index contributed by atoms with van der Waals surface area (Å²) in [5, 5.41) is 0. The lowest BCUT2D eigenvalue weighted by Crippen LogP contribution is -2.19. The molecule has 0 nitrogen and oxygen atoms in total. The molecular formula is C33H48F2. The summed E-state index contributed by atoms with van der Waals surface area (Å²) in [5.41, 5.74) is 4.48. The Labute approximate surface area is 213 Å². The molecule has 1 fully saturated rings. The summed E-state index contributed by atoms with van der Waals surface area (Å²) in [5.74, 6) is -0.970. The maximum absolute atomic E-state index is 14.3. The van der Waals surface area contributed by atoms with E-state index in [1.165, 1.54) is 75.3 Å². The third-order valence-corrected chi connectivity index (χ3v) is 8.09. The van der Waals surface area contributed by atoms with E-state index in [9.17, 15) is 8.78 Å². The van der Waals surface area contributed by atoms with Gasteiger partial charge in [0.05, 0.1) is 0 Å². The molecule has 3 rings (SSSR count). The van der Waals surface area contributed by atoms with Crippen molar-refractivity contribution in [2.24, 2.45) is 5.92 Å². The molecule has 2 aromatic rings. The number of hydrogen-bond acceptors (Lipinski definition) is 0. The van der Waals surface area contributed by atoms with Crippen LogP contribution in [0.3, 0.4) is 0 Å². The van der Waals surface area contributed by atoms with E-state index < -0.39 is 5.92 Å². The van der Waals surface area contributed by atoms with Gasteiger partial charge in [-0.1, -0.05) is 120 Å². The van der Waals surface area contributed by atoms with Gasteiger partial charge in [-0.25, -0.2) is 8.78 Å². The lowest BCUT2D eigenvalue weighted by molar-refractivity contribution is -0.00948. The van der Waals surface area contributed by atoms with Crippen molar-refractivity contribution in [3.05, 3.63) is 59.7 Å². The first-order valence-corrected chi connectivity index (χ1v) is 14.6. The number of alkyl halides is 2. The van der Waals surface area contributed by atoms with Crippen LogP contribution in [-0.4, -0.2) is 5.92 Å². The normalized spacial score (nSPS) is 18.6. The molecule has 0 saturated heterocycles. The van der Waals surface area contributed by atoms with Crippen molar-refractivity contribution in [3.8, 4) is 11.1 Å². The van der Waals surface area contributed by atoms with Gasteiger partial charge in [-0.15, -0.1) is 0 Å². The van der Waals surface area contributed by atoms with Gasteiger partial charge in [-0.3, -0.25) is 0 Å². The average Bonchev–Trinajstić information content (AvgIpc) is 2.87. The van der Waals surface area contributed by atoms with Crippen molar-refractivity contribution in [3.63, 3.8) is 0 Å². The van der Waals surface area contributed by atoms with E-state index in [0.717, 1.165) is 36.3 Å². The van der Waals surface area contributed by atoms with Gasteiger partial charge in [-0.05, 0) is 66.2 Å². The van der Waals surface area contributed by atoms with E-state index >= 15 is 0 Å². The van der Waals surface area contributed by atoms with Gasteiger partial charge in [0.1, 0.15) is 0 Å². The second kappa shape index (κ2) is 14.8. The number of hydrogen-bond donors (Lipinski definition) is 0. The topological polar surface area (TPSA) is 0 Å². The van der Waals surface area contributed by atoms with Crippen molar-refractivity contribution >= 4 is 0 Å². The van der Waals surface area contributed by atoms with Crippen molar-refractivity contribution in [2.75, 3.05) is 0 Å². The van der Waals surface area contributed by atoms with Crippen molar-refractivity contribution in [1.82, 2.24) is 0 Å². The number of benzene rings is 2. The Morgan fingerprint density at radius 1 is 0.657 bits per heavy atom. The molecule has 0 radical (unpaired) electrons. The Morgan fingerprint density at radius 2 is 1.20 bits per heavy atom. The quantitative estimate of drug-likeness (QED) is 0.221. The van der Waals surface area contributed by atoms with Gasteiger partial charge < -0.3 is 0 Å². The zero-order valence-corrected chi connectivity index (χ0v) is 22.3. The second-order valence-corrected chi connectivity index (χ2v) is 11.1. The summed E-state index contributed by atoms with van der Waals surface area (Å²) in [7, 11) is 0. The largest absolute Gasteiger partial charge is 0.252 e. The van der Waals surface area contributed by atoms with E-state index in [1.807, 2.05) is 24.3 Å². The van der Waals surface area contributed by atoms with Crippen LogP contribution < -0.4 is 0 Å². The Morgan fingerprint density at radius 3 is 1.80 bits per heavy atom. The molecule has 2 aromatic carbocycles. The van der Waals surface area contributed by atoms with Crippen LogP contribution in [0.25, 0.3) is 11.1 Å². The predicted octanol–water partition coefficient (Wildman–Crippen LogP) is 11.1. The predicted molar refractivity (Wildman–Crippen MR) is 147 cm³/mol. The minimum absolute atomic E-state index is 0.00289. The Hall–Kier alpha value is -1.70. The van der Waals surface area contributed by atoms with E-state index in [0.29, 0.717) is 12.3 Å². The van der Waals surface area contributed by atoms with Gasteiger partial charge in [-0.2, -0.15) is 0 Å². The average molecular weight is 483 g/mol. The molecule has 1 aliphatic carbocycles. The van der Waals surface area contributed by atoms with Crippen LogP contribution in [0.15, 0.2) is 48.5 Å². The van der Waals surface area contributed by atoms with Crippen LogP contribution in [0.2, 0.25) is 0 Å². The summed E-state index contributed by atoms with van der Waals surface area (Å²) in [6.07, 6.45) is 17.3. The van der Waals surface area contributed by atoms with Crippen LogP contribution >= 0.6 is 0 Å². The summed E-state index contributed by atoms with van der Waals surface area (Å²) in [6.45, 7) is 4.39. The Kier molecular flexibility index (Phi) is 11.8. The summed E-state index contributed by atoms with van der Waals surface area (Å²) in [4.78, 5) is 0. The molecule has 1 saturated carbocycles. The molecule has 0 spiro atoms. The third-order valence-electron chi connectivity index (χ3n) is 8.09. The van der Waals surface area contributed by atoms with Crippen molar-refractivity contribution in [2.45, 2.75) is 128 Å². The minimum atomic E-state index is -2.61. The molecule has 0 atom stereocenters. The van der Waals surface area contributed by atoms with Crippen LogP contribution in [0.5, 0.6) is 0 Å². The highest BCUT2D eigenvalue weighted by atomic mass is 19.3. The summed E-state index contributed by atoms with van der Waals surface area (Å²) >= 11 is 0. The molecule has 0 aromatic heterocycles. The number of rotatable bonds is 15. The molecule has 0 aliphatic heterocycles. The zero-order valence-electron chi connectivity index (χ0n) is 22.3. The van der Waals surface area contributed by atoms with Gasteiger partial charge in [0.15, 0.2) is 0 Å². The maximum atomic E-state index is 14.3. The fraction of sp³-hybridized carbons (Fsp3) is 0.636. The molecule has 0 N–H and O–H groups in total. The van der Waals surface area contributed by atoms with E-state index in [-0.39, 0.29) is 12.8 Å². The summed E-state index contributed by atoms with van der Waals surface area (Å²) < 4.78 is 28.6. The molecule has 0 unspecified atom stereocenters. The van der Waals surface area contributed by atoms with Gasteiger partial charge >= 0.3 is 0 Å². The van der Waals surface area contributed by atoms with Gasteiger partial charge in [0.2, 0.25) is 0 Å². The van der Waals surface area contributed by atoms with Crippen LogP contribution in [0.1, 0.15) is 127 Å². The van der Waals surface area contributed by atoms with Gasteiger partial charge in [0, 0.05) is 12.8 Å². The first-order chi connectivity index (χ1) is 17.0. The number of halogens is 2. The first kappa shape index (κ1) is 27.9. The molecule has 0 bridgehead atoms. The highest BCUT2D eigenvalue weighted by Gasteiger charge is 2.28. The molecule has 194 valence electrons. The maximum Gasteiger partial charge on any atom is 0.252 e. The fourth-order valence-electron chi connectivity index (χ4n) is 5.78. The van der Waals surface area contributed by atoms with Crippen LogP contribution in [-0.2, 0) is 6.42 Å². The van der Waals surface area contributed by atoms with E-state index in [4.69, 9.17) is 0 Å². The van der Waals surface area contributed by atoms with Crippen molar-refractivity contribution < 1.29 is 8.78 Å². The van der Waals surface area contributed by atoms with E-state index in [2.05, 4.69) is 38.1 Å². The van der Waals surface area contributed by atoms with E-state index in [1.54, 1.807) is 0 Å². The minimum Gasteiger partial charge on any atom is -0.207 e. The molecule has 35 heavy (non-hydrogen) atoms. The molecule has 1 aliphatic rings. The third kappa shape index (κ3) is 9.70. The molecule has 0 heterocycles. The highest BCUT2D eigenvalue weighted by Crippen LogP contribution is 2.38. The zero-order chi connectivity index (χ0) is 24.9. The smallest absolute Gasteiger partial charge is 0.207 e. The van der Waals surface area contributed by atoms with Gasteiger partial charge in [0.25, 0.3) is 5.92 Å². The Bertz CT molecular complexity index is 813. The van der Waals surface area contributed by atoms with Crippen molar-refractivity contribution in [1.29, 1.82) is 0 Å². The standard InChI is InChI=1S/C33H48F2/c1-3-5-7-9-10-12-27-13-17-29(18-14-27)31-21-23-32(24-22-31)30-19-15-28(16-20-30)26-33(34,35)25-11-8-6-4-2/h15-16,19-24,27,29H,3-14,17-18,25-26H2,1-2H3. The van der Waals surface area contributed by atoms with Crippen LogP contribution in [0, 0.1) is 5.92 Å². The lowest BCUT2D eigenvalue weighted by atomic mass is 9.77. The second-order valence-electron chi connectivity index (χ2n) is 11.1. The first-order valence-electron chi connectivity index (χ1n) is 14.6.